The zero-order valence-electron chi connectivity index (χ0n) is 16.8. The van der Waals surface area contributed by atoms with Crippen LogP contribution in [0.1, 0.15) is 33.0 Å². The van der Waals surface area contributed by atoms with E-state index in [2.05, 4.69) is 9.80 Å². The van der Waals surface area contributed by atoms with Gasteiger partial charge < -0.3 is 19.4 Å². The number of aliphatic hydroxyl groups is 1. The number of hydrogen-bond acceptors (Lipinski definition) is 7. The molecule has 0 bridgehead atoms. The molecule has 2 aliphatic heterocycles. The molecule has 29 heavy (non-hydrogen) atoms. The minimum absolute atomic E-state index is 0.141. The van der Waals surface area contributed by atoms with Crippen LogP contribution in [0.5, 0.6) is 11.5 Å². The van der Waals surface area contributed by atoms with Crippen molar-refractivity contribution in [2.75, 3.05) is 39.3 Å². The number of β-amino-alcohol motifs (C(OH)–C–C–N with tert-alkyl or cyclic N) is 1. The molecule has 0 spiro atoms. The van der Waals surface area contributed by atoms with E-state index in [0.717, 1.165) is 31.9 Å². The summed E-state index contributed by atoms with van der Waals surface area (Å²) in [6, 6.07) is 5.26. The van der Waals surface area contributed by atoms with Gasteiger partial charge in [-0.2, -0.15) is 0 Å². The lowest BCUT2D eigenvalue weighted by molar-refractivity contribution is 0.101. The van der Waals surface area contributed by atoms with Gasteiger partial charge >= 0.3 is 0 Å². The van der Waals surface area contributed by atoms with Crippen LogP contribution in [0.15, 0.2) is 28.4 Å². The lowest BCUT2D eigenvalue weighted by atomic mass is 9.99. The van der Waals surface area contributed by atoms with Gasteiger partial charge in [0.15, 0.2) is 5.76 Å². The Balaban J connectivity index is 1.59. The zero-order chi connectivity index (χ0) is 20.5. The van der Waals surface area contributed by atoms with Crippen molar-refractivity contribution in [3.05, 3.63) is 52.2 Å². The summed E-state index contributed by atoms with van der Waals surface area (Å²) in [5.74, 6) is 1.91. The van der Waals surface area contributed by atoms with Crippen molar-refractivity contribution < 1.29 is 24.2 Å². The van der Waals surface area contributed by atoms with Gasteiger partial charge in [0.25, 0.3) is 0 Å². The molecule has 0 amide bonds. The first-order valence-corrected chi connectivity index (χ1v) is 9.88. The number of aryl methyl sites for hydroxylation is 2. The largest absolute Gasteiger partial charge is 0.507 e. The van der Waals surface area contributed by atoms with Crippen LogP contribution < -0.4 is 4.74 Å². The predicted molar refractivity (Wildman–Crippen MR) is 108 cm³/mol. The van der Waals surface area contributed by atoms with E-state index in [1.165, 1.54) is 0 Å². The third-order valence-electron chi connectivity index (χ3n) is 5.52. The summed E-state index contributed by atoms with van der Waals surface area (Å²) >= 11 is 0. The molecular formula is C22H26N2O5. The molecule has 1 aromatic heterocycles. The highest BCUT2D eigenvalue weighted by molar-refractivity contribution is 6.15. The molecule has 3 heterocycles. The molecule has 1 fully saturated rings. The second-order valence-electron chi connectivity index (χ2n) is 7.62. The Kier molecular flexibility index (Phi) is 5.45. The topological polar surface area (TPSA) is 86.4 Å². The van der Waals surface area contributed by atoms with Gasteiger partial charge in [0, 0.05) is 45.3 Å². The molecule has 2 aromatic rings. The molecule has 0 radical (unpaired) electrons. The standard InChI is InChI=1S/C22H26N2O5/c1-14-11-18(26)17(13-24-7-5-23(6-8-24)9-10-25)22-20(14)21(27)19(29-22)12-16-4-3-15(2)28-16/h3-4,11-12,25-26H,5-10,13H2,1-2H3/b19-12-. The number of ketones is 1. The fraction of sp³-hybridized carbons (Fsp3) is 0.409. The maximum Gasteiger partial charge on any atom is 0.232 e. The highest BCUT2D eigenvalue weighted by Gasteiger charge is 2.34. The number of allylic oxidation sites excluding steroid dienone is 1. The Labute approximate surface area is 169 Å². The number of aliphatic hydroxyl groups excluding tert-OH is 1. The van der Waals surface area contributed by atoms with E-state index in [0.29, 0.717) is 41.3 Å². The van der Waals surface area contributed by atoms with Gasteiger partial charge in [0.1, 0.15) is 23.0 Å². The maximum absolute atomic E-state index is 12.9. The van der Waals surface area contributed by atoms with E-state index in [-0.39, 0.29) is 23.9 Å². The third kappa shape index (κ3) is 3.94. The Hall–Kier alpha value is -2.61. The van der Waals surface area contributed by atoms with Gasteiger partial charge in [-0.05, 0) is 37.6 Å². The number of phenols is 1. The number of Topliss-reactive ketones (excluding diaryl/α,β-unsaturated/α-hetero) is 1. The first-order chi connectivity index (χ1) is 14.0. The minimum atomic E-state index is -0.194. The number of piperazine rings is 1. The average Bonchev–Trinajstić information content (AvgIpc) is 3.24. The monoisotopic (exact) mass is 398 g/mol. The zero-order valence-corrected chi connectivity index (χ0v) is 16.8. The fourth-order valence-corrected chi connectivity index (χ4v) is 3.93. The Morgan fingerprint density at radius 1 is 1.14 bits per heavy atom. The van der Waals surface area contributed by atoms with E-state index in [9.17, 15) is 9.90 Å². The molecule has 0 atom stereocenters. The van der Waals surface area contributed by atoms with E-state index in [1.54, 1.807) is 25.1 Å². The second kappa shape index (κ2) is 8.02. The van der Waals surface area contributed by atoms with Crippen LogP contribution >= 0.6 is 0 Å². The van der Waals surface area contributed by atoms with Crippen molar-refractivity contribution in [1.29, 1.82) is 0 Å². The SMILES string of the molecule is Cc1ccc(/C=C2\Oc3c(CN4CCN(CCO)CC4)c(O)cc(C)c3C2=O)o1. The van der Waals surface area contributed by atoms with Gasteiger partial charge in [-0.3, -0.25) is 14.6 Å². The average molecular weight is 398 g/mol. The summed E-state index contributed by atoms with van der Waals surface area (Å²) in [6.45, 7) is 8.35. The Morgan fingerprint density at radius 2 is 1.86 bits per heavy atom. The third-order valence-corrected chi connectivity index (χ3v) is 5.52. The Bertz CT molecular complexity index is 954. The van der Waals surface area contributed by atoms with Crippen LogP contribution in [0.25, 0.3) is 6.08 Å². The molecule has 1 aromatic carbocycles. The van der Waals surface area contributed by atoms with Gasteiger partial charge in [-0.25, -0.2) is 0 Å². The number of hydrogen-bond donors (Lipinski definition) is 2. The number of ether oxygens (including phenoxy) is 1. The number of phenolic OH excluding ortho intramolecular Hbond substituents is 1. The molecule has 1 saturated heterocycles. The summed E-state index contributed by atoms with van der Waals surface area (Å²) in [4.78, 5) is 17.4. The smallest absolute Gasteiger partial charge is 0.232 e. The van der Waals surface area contributed by atoms with Gasteiger partial charge in [0.05, 0.1) is 17.7 Å². The summed E-state index contributed by atoms with van der Waals surface area (Å²) in [7, 11) is 0. The molecule has 2 N–H and O–H groups in total. The molecule has 154 valence electrons. The van der Waals surface area contributed by atoms with Crippen molar-refractivity contribution in [1.82, 2.24) is 9.80 Å². The van der Waals surface area contributed by atoms with Gasteiger partial charge in [-0.15, -0.1) is 0 Å². The molecule has 2 aliphatic rings. The normalized spacial score (nSPS) is 19.0. The number of furan rings is 1. The van der Waals surface area contributed by atoms with Crippen LogP contribution in [0.3, 0.4) is 0 Å². The number of nitrogens with zero attached hydrogens (tertiary/aromatic N) is 2. The lowest BCUT2D eigenvalue weighted by Gasteiger charge is -2.34. The predicted octanol–water partition coefficient (Wildman–Crippen LogP) is 2.33. The van der Waals surface area contributed by atoms with E-state index < -0.39 is 0 Å². The molecular weight excluding hydrogens is 372 g/mol. The number of rotatable bonds is 5. The number of carbonyl (C=O) groups excluding carboxylic acids is 1. The van der Waals surface area contributed by atoms with Gasteiger partial charge in [0.2, 0.25) is 5.78 Å². The quantitative estimate of drug-likeness (QED) is 0.748. The van der Waals surface area contributed by atoms with Crippen LogP contribution in [0.4, 0.5) is 0 Å². The molecule has 0 saturated carbocycles. The summed E-state index contributed by atoms with van der Waals surface area (Å²) in [5, 5.41) is 19.7. The molecule has 7 heteroatoms. The summed E-state index contributed by atoms with van der Waals surface area (Å²) < 4.78 is 11.5. The van der Waals surface area contributed by atoms with Crippen LogP contribution in [-0.4, -0.2) is 65.1 Å². The summed E-state index contributed by atoms with van der Waals surface area (Å²) in [6.07, 6.45) is 1.60. The van der Waals surface area contributed by atoms with Crippen molar-refractivity contribution >= 4 is 11.9 Å². The van der Waals surface area contributed by atoms with Crippen molar-refractivity contribution in [2.45, 2.75) is 20.4 Å². The highest BCUT2D eigenvalue weighted by atomic mass is 16.5. The lowest BCUT2D eigenvalue weighted by Crippen LogP contribution is -2.46. The van der Waals surface area contributed by atoms with Gasteiger partial charge in [-0.1, -0.05) is 0 Å². The van der Waals surface area contributed by atoms with Crippen molar-refractivity contribution in [3.63, 3.8) is 0 Å². The molecule has 7 nitrogen and oxygen atoms in total. The Morgan fingerprint density at radius 3 is 2.52 bits per heavy atom. The van der Waals surface area contributed by atoms with Crippen molar-refractivity contribution in [2.24, 2.45) is 0 Å². The van der Waals surface area contributed by atoms with Crippen molar-refractivity contribution in [3.8, 4) is 11.5 Å². The highest BCUT2D eigenvalue weighted by Crippen LogP contribution is 2.42. The summed E-state index contributed by atoms with van der Waals surface area (Å²) in [5.41, 5.74) is 1.83. The first kappa shape index (κ1) is 19.7. The first-order valence-electron chi connectivity index (χ1n) is 9.88. The van der Waals surface area contributed by atoms with E-state index >= 15 is 0 Å². The minimum Gasteiger partial charge on any atom is -0.507 e. The van der Waals surface area contributed by atoms with Crippen LogP contribution in [-0.2, 0) is 6.54 Å². The van der Waals surface area contributed by atoms with E-state index in [4.69, 9.17) is 14.3 Å². The fourth-order valence-electron chi connectivity index (χ4n) is 3.93. The van der Waals surface area contributed by atoms with Crippen LogP contribution in [0, 0.1) is 13.8 Å². The van der Waals surface area contributed by atoms with E-state index in [1.807, 2.05) is 13.0 Å². The number of fused-ring (bicyclic) bond motifs is 1. The number of benzene rings is 1. The molecule has 0 aliphatic carbocycles. The number of aromatic hydroxyl groups is 1. The number of carbonyl (C=O) groups is 1. The molecule has 4 rings (SSSR count). The maximum atomic E-state index is 12.9. The molecule has 0 unspecified atom stereocenters. The second-order valence-corrected chi connectivity index (χ2v) is 7.62. The van der Waals surface area contributed by atoms with Crippen LogP contribution in [0.2, 0.25) is 0 Å².